The molecule has 0 bridgehead atoms. The molecule has 0 fully saturated rings. The molecule has 34 heavy (non-hydrogen) atoms. The highest BCUT2D eigenvalue weighted by molar-refractivity contribution is 7.88. The molecule has 0 radical (unpaired) electrons. The molecule has 2 unspecified atom stereocenters. The predicted molar refractivity (Wildman–Crippen MR) is 142 cm³/mol. The van der Waals surface area contributed by atoms with Crippen molar-refractivity contribution in [1.82, 2.24) is 4.72 Å². The molecule has 3 aromatic rings. The second kappa shape index (κ2) is 10.0. The van der Waals surface area contributed by atoms with E-state index in [1.54, 1.807) is 0 Å². The van der Waals surface area contributed by atoms with Crippen molar-refractivity contribution >= 4 is 10.0 Å². The molecule has 0 heterocycles. The standard InChI is InChI=1S/C29H38N2O2S/c1-28(2,3)24-17-21(18-25(19-24)29(4,5)6)20-34(32,33)31-27(23-15-11-8-12-16-23)26(30)22-13-9-7-10-14-22/h7-19,26-27,31H,20,30H2,1-6H3. The third kappa shape index (κ3) is 6.78. The molecule has 0 aliphatic carbocycles. The summed E-state index contributed by atoms with van der Waals surface area (Å²) in [4.78, 5) is 0. The number of benzene rings is 3. The van der Waals surface area contributed by atoms with Crippen LogP contribution in [-0.4, -0.2) is 8.42 Å². The number of nitrogens with one attached hydrogen (secondary N) is 1. The van der Waals surface area contributed by atoms with Crippen LogP contribution in [0.1, 0.15) is 81.4 Å². The molecular weight excluding hydrogens is 440 g/mol. The quantitative estimate of drug-likeness (QED) is 0.428. The van der Waals surface area contributed by atoms with Crippen molar-refractivity contribution in [2.45, 2.75) is 70.2 Å². The van der Waals surface area contributed by atoms with Gasteiger partial charge in [-0.05, 0) is 38.6 Å². The van der Waals surface area contributed by atoms with Gasteiger partial charge in [-0.15, -0.1) is 0 Å². The van der Waals surface area contributed by atoms with Crippen molar-refractivity contribution in [2.75, 3.05) is 0 Å². The van der Waals surface area contributed by atoms with Crippen LogP contribution in [0.4, 0.5) is 0 Å². The van der Waals surface area contributed by atoms with E-state index in [2.05, 4.69) is 52.3 Å². The highest BCUT2D eigenvalue weighted by Gasteiger charge is 2.28. The van der Waals surface area contributed by atoms with Crippen LogP contribution in [0.25, 0.3) is 0 Å². The van der Waals surface area contributed by atoms with Gasteiger partial charge in [0.25, 0.3) is 0 Å². The average molecular weight is 479 g/mol. The molecule has 3 rings (SSSR count). The van der Waals surface area contributed by atoms with Gasteiger partial charge in [0.15, 0.2) is 0 Å². The molecule has 5 heteroatoms. The largest absolute Gasteiger partial charge is 0.322 e. The van der Waals surface area contributed by atoms with Crippen molar-refractivity contribution in [3.05, 3.63) is 107 Å². The summed E-state index contributed by atoms with van der Waals surface area (Å²) in [5, 5.41) is 0. The molecule has 3 aromatic carbocycles. The van der Waals surface area contributed by atoms with Crippen LogP contribution in [0.15, 0.2) is 78.9 Å². The van der Waals surface area contributed by atoms with Gasteiger partial charge in [0.2, 0.25) is 10.0 Å². The van der Waals surface area contributed by atoms with Crippen molar-refractivity contribution < 1.29 is 8.42 Å². The maximum absolute atomic E-state index is 13.5. The molecule has 0 aromatic heterocycles. The molecule has 2 atom stereocenters. The highest BCUT2D eigenvalue weighted by Crippen LogP contribution is 2.32. The SMILES string of the molecule is CC(C)(C)c1cc(CS(=O)(=O)NC(c2ccccc2)C(N)c2ccccc2)cc(C(C)(C)C)c1. The van der Waals surface area contributed by atoms with Gasteiger partial charge in [-0.3, -0.25) is 0 Å². The van der Waals surface area contributed by atoms with E-state index in [4.69, 9.17) is 5.73 Å². The lowest BCUT2D eigenvalue weighted by Gasteiger charge is -2.27. The van der Waals surface area contributed by atoms with Crippen molar-refractivity contribution in [2.24, 2.45) is 5.73 Å². The van der Waals surface area contributed by atoms with Crippen LogP contribution < -0.4 is 10.5 Å². The van der Waals surface area contributed by atoms with E-state index >= 15 is 0 Å². The van der Waals surface area contributed by atoms with Crippen molar-refractivity contribution in [3.63, 3.8) is 0 Å². The number of hydrogen-bond donors (Lipinski definition) is 2. The van der Waals surface area contributed by atoms with Crippen LogP contribution in [-0.2, 0) is 26.6 Å². The van der Waals surface area contributed by atoms with Gasteiger partial charge >= 0.3 is 0 Å². The van der Waals surface area contributed by atoms with Gasteiger partial charge < -0.3 is 5.73 Å². The molecule has 3 N–H and O–H groups in total. The summed E-state index contributed by atoms with van der Waals surface area (Å²) in [6.07, 6.45) is 0. The lowest BCUT2D eigenvalue weighted by molar-refractivity contribution is 0.503. The molecule has 0 amide bonds. The Labute approximate surface area is 205 Å². The summed E-state index contributed by atoms with van der Waals surface area (Å²) in [7, 11) is -3.69. The minimum atomic E-state index is -3.69. The van der Waals surface area contributed by atoms with Gasteiger partial charge in [0.05, 0.1) is 17.8 Å². The average Bonchev–Trinajstić information content (AvgIpc) is 2.76. The first-order chi connectivity index (χ1) is 15.8. The van der Waals surface area contributed by atoms with Gasteiger partial charge in [0, 0.05) is 0 Å². The Hall–Kier alpha value is -2.47. The van der Waals surface area contributed by atoms with Gasteiger partial charge in [-0.1, -0.05) is 120 Å². The fourth-order valence-electron chi connectivity index (χ4n) is 3.97. The monoisotopic (exact) mass is 478 g/mol. The van der Waals surface area contributed by atoms with Crippen molar-refractivity contribution in [1.29, 1.82) is 0 Å². The zero-order valence-electron chi connectivity index (χ0n) is 21.2. The van der Waals surface area contributed by atoms with Crippen molar-refractivity contribution in [3.8, 4) is 0 Å². The van der Waals surface area contributed by atoms with Crippen LogP contribution in [0.5, 0.6) is 0 Å². The summed E-state index contributed by atoms with van der Waals surface area (Å²) < 4.78 is 29.9. The zero-order chi connectivity index (χ0) is 25.1. The minimum absolute atomic E-state index is 0.0879. The van der Waals surface area contributed by atoms with Gasteiger partial charge in [-0.2, -0.15) is 0 Å². The van der Waals surface area contributed by atoms with Crippen LogP contribution in [0.2, 0.25) is 0 Å². The maximum Gasteiger partial charge on any atom is 0.216 e. The first-order valence-electron chi connectivity index (χ1n) is 11.8. The fourth-order valence-corrected chi connectivity index (χ4v) is 5.33. The van der Waals surface area contributed by atoms with E-state index < -0.39 is 22.1 Å². The Morgan fingerprint density at radius 2 is 1.18 bits per heavy atom. The summed E-state index contributed by atoms with van der Waals surface area (Å²) in [6, 6.07) is 24.3. The number of sulfonamides is 1. The van der Waals surface area contributed by atoms with Gasteiger partial charge in [-0.25, -0.2) is 13.1 Å². The molecular formula is C29H38N2O2S. The second-order valence-electron chi connectivity index (χ2n) is 11.1. The third-order valence-corrected chi connectivity index (χ3v) is 7.42. The van der Waals surface area contributed by atoms with Crippen LogP contribution in [0, 0.1) is 0 Å². The summed E-state index contributed by atoms with van der Waals surface area (Å²) in [6.45, 7) is 12.9. The summed E-state index contributed by atoms with van der Waals surface area (Å²) in [5.41, 5.74) is 11.2. The van der Waals surface area contributed by atoms with E-state index in [1.165, 1.54) is 0 Å². The molecule has 0 spiro atoms. The number of rotatable bonds is 7. The normalized spacial score (nSPS) is 14.6. The Kier molecular flexibility index (Phi) is 7.71. The lowest BCUT2D eigenvalue weighted by Crippen LogP contribution is -2.36. The Bertz CT molecular complexity index is 1160. The molecule has 0 saturated carbocycles. The number of hydrogen-bond acceptors (Lipinski definition) is 3. The third-order valence-electron chi connectivity index (χ3n) is 6.09. The molecule has 0 saturated heterocycles. The Balaban J connectivity index is 1.97. The van der Waals surface area contributed by atoms with E-state index in [0.717, 1.165) is 27.8 Å². The highest BCUT2D eigenvalue weighted by atomic mass is 32.2. The smallest absolute Gasteiger partial charge is 0.216 e. The summed E-state index contributed by atoms with van der Waals surface area (Å²) >= 11 is 0. The first-order valence-corrected chi connectivity index (χ1v) is 13.4. The summed E-state index contributed by atoms with van der Waals surface area (Å²) in [5.74, 6) is -0.106. The Morgan fingerprint density at radius 1 is 0.735 bits per heavy atom. The van der Waals surface area contributed by atoms with E-state index in [9.17, 15) is 8.42 Å². The zero-order valence-corrected chi connectivity index (χ0v) is 22.0. The Morgan fingerprint density at radius 3 is 1.62 bits per heavy atom. The molecule has 0 aliphatic heterocycles. The number of nitrogens with two attached hydrogens (primary N) is 1. The van der Waals surface area contributed by atoms with Crippen LogP contribution >= 0.6 is 0 Å². The molecule has 4 nitrogen and oxygen atoms in total. The first kappa shape index (κ1) is 26.1. The molecule has 0 aliphatic rings. The van der Waals surface area contributed by atoms with E-state index in [1.807, 2.05) is 72.8 Å². The molecule has 182 valence electrons. The van der Waals surface area contributed by atoms with E-state index in [-0.39, 0.29) is 16.6 Å². The second-order valence-corrected chi connectivity index (χ2v) is 12.9. The van der Waals surface area contributed by atoms with Gasteiger partial charge in [0.1, 0.15) is 0 Å². The topological polar surface area (TPSA) is 72.2 Å². The maximum atomic E-state index is 13.5. The van der Waals surface area contributed by atoms with Crippen LogP contribution in [0.3, 0.4) is 0 Å². The van der Waals surface area contributed by atoms with E-state index in [0.29, 0.717) is 0 Å². The predicted octanol–water partition coefficient (Wildman–Crippen LogP) is 6.14. The fraction of sp³-hybridized carbons (Fsp3) is 0.379. The minimum Gasteiger partial charge on any atom is -0.322 e. The lowest BCUT2D eigenvalue weighted by atomic mass is 9.80.